The largest absolute Gasteiger partial charge is 0.497 e. The number of carbonyl (C=O) groups excluding carboxylic acids is 1. The summed E-state index contributed by atoms with van der Waals surface area (Å²) in [6.07, 6.45) is 6.55. The topological polar surface area (TPSA) is 81.4 Å². The van der Waals surface area contributed by atoms with E-state index in [0.717, 1.165) is 28.3 Å². The Labute approximate surface area is 173 Å². The van der Waals surface area contributed by atoms with E-state index in [4.69, 9.17) is 9.84 Å². The standard InChI is InChI=1S/C23H19N5O2/c1-30-21-11-9-17(10-12-21)22-19(16-28(27-22)20-7-3-2-4-8-20)15-25-26-23(29)18-6-5-13-24-14-18/h2-16H,1H3,(H,26,29)/b25-15-. The van der Waals surface area contributed by atoms with E-state index in [1.165, 1.54) is 6.20 Å². The van der Waals surface area contributed by atoms with Gasteiger partial charge in [-0.25, -0.2) is 10.1 Å². The summed E-state index contributed by atoms with van der Waals surface area (Å²) >= 11 is 0. The third-order valence-electron chi connectivity index (χ3n) is 4.42. The van der Waals surface area contributed by atoms with Crippen LogP contribution >= 0.6 is 0 Å². The highest BCUT2D eigenvalue weighted by molar-refractivity contribution is 5.95. The molecule has 2 heterocycles. The molecule has 0 spiro atoms. The first-order valence-corrected chi connectivity index (χ1v) is 9.27. The van der Waals surface area contributed by atoms with Gasteiger partial charge in [-0.2, -0.15) is 10.2 Å². The third kappa shape index (κ3) is 4.25. The molecule has 30 heavy (non-hydrogen) atoms. The number of methoxy groups -OCH3 is 1. The van der Waals surface area contributed by atoms with Crippen molar-refractivity contribution in [3.63, 3.8) is 0 Å². The minimum Gasteiger partial charge on any atom is -0.497 e. The molecule has 2 aromatic heterocycles. The highest BCUT2D eigenvalue weighted by Crippen LogP contribution is 2.25. The maximum absolute atomic E-state index is 12.2. The molecule has 7 heteroatoms. The van der Waals surface area contributed by atoms with Crippen LogP contribution in [0.2, 0.25) is 0 Å². The fourth-order valence-electron chi connectivity index (χ4n) is 2.89. The van der Waals surface area contributed by atoms with Crippen LogP contribution in [0.3, 0.4) is 0 Å². The monoisotopic (exact) mass is 397 g/mol. The summed E-state index contributed by atoms with van der Waals surface area (Å²) in [6, 6.07) is 20.8. The highest BCUT2D eigenvalue weighted by Gasteiger charge is 2.12. The van der Waals surface area contributed by atoms with E-state index in [-0.39, 0.29) is 5.91 Å². The number of carbonyl (C=O) groups is 1. The van der Waals surface area contributed by atoms with Crippen LogP contribution in [0.4, 0.5) is 0 Å². The second-order valence-corrected chi connectivity index (χ2v) is 6.38. The average Bonchev–Trinajstić information content (AvgIpc) is 3.24. The number of hydrogen-bond donors (Lipinski definition) is 1. The van der Waals surface area contributed by atoms with E-state index in [9.17, 15) is 4.79 Å². The fraction of sp³-hybridized carbons (Fsp3) is 0.0435. The minimum atomic E-state index is -0.333. The van der Waals surface area contributed by atoms with Crippen molar-refractivity contribution < 1.29 is 9.53 Å². The molecule has 0 saturated carbocycles. The fourth-order valence-corrected chi connectivity index (χ4v) is 2.89. The first-order chi connectivity index (χ1) is 14.7. The molecule has 7 nitrogen and oxygen atoms in total. The van der Waals surface area contributed by atoms with Gasteiger partial charge in [0.15, 0.2) is 0 Å². The number of ether oxygens (including phenoxy) is 1. The molecule has 0 aliphatic heterocycles. The van der Waals surface area contributed by atoms with Crippen LogP contribution in [0.25, 0.3) is 16.9 Å². The second kappa shape index (κ2) is 8.83. The number of nitrogens with zero attached hydrogens (tertiary/aromatic N) is 4. The van der Waals surface area contributed by atoms with Gasteiger partial charge in [0, 0.05) is 29.7 Å². The zero-order chi connectivity index (χ0) is 20.8. The lowest BCUT2D eigenvalue weighted by molar-refractivity contribution is 0.0955. The zero-order valence-corrected chi connectivity index (χ0v) is 16.3. The first-order valence-electron chi connectivity index (χ1n) is 9.27. The Bertz CT molecular complexity index is 1150. The predicted molar refractivity (Wildman–Crippen MR) is 115 cm³/mol. The molecule has 4 rings (SSSR count). The van der Waals surface area contributed by atoms with Crippen molar-refractivity contribution in [2.75, 3.05) is 7.11 Å². The number of nitrogens with one attached hydrogen (secondary N) is 1. The van der Waals surface area contributed by atoms with Crippen LogP contribution < -0.4 is 10.2 Å². The Morgan fingerprint density at radius 3 is 2.57 bits per heavy atom. The molecule has 0 saturated heterocycles. The zero-order valence-electron chi connectivity index (χ0n) is 16.3. The van der Waals surface area contributed by atoms with E-state index in [1.54, 1.807) is 36.3 Å². The van der Waals surface area contributed by atoms with Gasteiger partial charge in [0.25, 0.3) is 5.91 Å². The summed E-state index contributed by atoms with van der Waals surface area (Å²) in [5.74, 6) is 0.431. The van der Waals surface area contributed by atoms with Crippen molar-refractivity contribution >= 4 is 12.1 Å². The van der Waals surface area contributed by atoms with Gasteiger partial charge >= 0.3 is 0 Å². The van der Waals surface area contributed by atoms with E-state index in [0.29, 0.717) is 5.56 Å². The molecule has 1 N–H and O–H groups in total. The molecule has 0 radical (unpaired) electrons. The van der Waals surface area contributed by atoms with Crippen LogP contribution in [0.15, 0.2) is 90.4 Å². The number of pyridine rings is 1. The number of amides is 1. The van der Waals surface area contributed by atoms with Crippen LogP contribution in [0.5, 0.6) is 5.75 Å². The molecular weight excluding hydrogens is 378 g/mol. The van der Waals surface area contributed by atoms with Gasteiger partial charge in [-0.3, -0.25) is 9.78 Å². The smallest absolute Gasteiger partial charge is 0.272 e. The molecular formula is C23H19N5O2. The maximum atomic E-state index is 12.2. The number of hydrazone groups is 1. The van der Waals surface area contributed by atoms with Crippen molar-refractivity contribution in [2.45, 2.75) is 0 Å². The maximum Gasteiger partial charge on any atom is 0.272 e. The Kier molecular flexibility index (Phi) is 5.61. The number of benzene rings is 2. The Morgan fingerprint density at radius 2 is 1.87 bits per heavy atom. The highest BCUT2D eigenvalue weighted by atomic mass is 16.5. The average molecular weight is 397 g/mol. The SMILES string of the molecule is COc1ccc(-c2nn(-c3ccccc3)cc2/C=N\NC(=O)c2cccnc2)cc1. The van der Waals surface area contributed by atoms with Crippen LogP contribution in [0.1, 0.15) is 15.9 Å². The summed E-state index contributed by atoms with van der Waals surface area (Å²) in [7, 11) is 1.63. The lowest BCUT2D eigenvalue weighted by Crippen LogP contribution is -2.17. The number of rotatable bonds is 6. The molecule has 2 aromatic carbocycles. The number of hydrogen-bond acceptors (Lipinski definition) is 5. The third-order valence-corrected chi connectivity index (χ3v) is 4.42. The summed E-state index contributed by atoms with van der Waals surface area (Å²) in [5.41, 5.74) is 6.29. The molecule has 0 atom stereocenters. The molecule has 0 unspecified atom stereocenters. The molecule has 0 fully saturated rings. The van der Waals surface area contributed by atoms with Gasteiger partial charge in [-0.15, -0.1) is 0 Å². The number of aromatic nitrogens is 3. The Hall–Kier alpha value is -4.26. The van der Waals surface area contributed by atoms with Gasteiger partial charge in [0.2, 0.25) is 0 Å². The molecule has 1 amide bonds. The van der Waals surface area contributed by atoms with Gasteiger partial charge in [0.1, 0.15) is 11.4 Å². The van der Waals surface area contributed by atoms with E-state index in [2.05, 4.69) is 15.5 Å². The molecule has 148 valence electrons. The number of para-hydroxylation sites is 1. The summed E-state index contributed by atoms with van der Waals surface area (Å²) in [4.78, 5) is 16.1. The Morgan fingerprint density at radius 1 is 1.07 bits per heavy atom. The normalized spacial score (nSPS) is 10.8. The summed E-state index contributed by atoms with van der Waals surface area (Å²) in [6.45, 7) is 0. The van der Waals surface area contributed by atoms with Gasteiger partial charge < -0.3 is 4.74 Å². The quantitative estimate of drug-likeness (QED) is 0.397. The summed E-state index contributed by atoms with van der Waals surface area (Å²) < 4.78 is 7.02. The Balaban J connectivity index is 1.64. The van der Waals surface area contributed by atoms with Crippen molar-refractivity contribution in [1.82, 2.24) is 20.2 Å². The van der Waals surface area contributed by atoms with E-state index < -0.39 is 0 Å². The molecule has 0 bridgehead atoms. The van der Waals surface area contributed by atoms with Crippen molar-refractivity contribution in [1.29, 1.82) is 0 Å². The van der Waals surface area contributed by atoms with Crippen LogP contribution in [0, 0.1) is 0 Å². The predicted octanol–water partition coefficient (Wildman–Crippen LogP) is 3.71. The van der Waals surface area contributed by atoms with Crippen LogP contribution in [-0.4, -0.2) is 34.0 Å². The van der Waals surface area contributed by atoms with Gasteiger partial charge in [-0.1, -0.05) is 18.2 Å². The van der Waals surface area contributed by atoms with E-state index >= 15 is 0 Å². The van der Waals surface area contributed by atoms with Crippen LogP contribution in [-0.2, 0) is 0 Å². The van der Waals surface area contributed by atoms with Gasteiger partial charge in [0.05, 0.1) is 24.6 Å². The van der Waals surface area contributed by atoms with E-state index in [1.807, 2.05) is 60.8 Å². The van der Waals surface area contributed by atoms with Crippen molar-refractivity contribution in [3.05, 3.63) is 96.4 Å². The molecule has 0 aliphatic rings. The van der Waals surface area contributed by atoms with Crippen molar-refractivity contribution in [3.8, 4) is 22.7 Å². The lowest BCUT2D eigenvalue weighted by atomic mass is 10.1. The minimum absolute atomic E-state index is 0.333. The first kappa shape index (κ1) is 19.1. The lowest BCUT2D eigenvalue weighted by Gasteiger charge is -2.02. The summed E-state index contributed by atoms with van der Waals surface area (Å²) in [5, 5.41) is 8.84. The molecule has 0 aliphatic carbocycles. The van der Waals surface area contributed by atoms with Crippen molar-refractivity contribution in [2.24, 2.45) is 5.10 Å². The second-order valence-electron chi connectivity index (χ2n) is 6.38. The van der Waals surface area contributed by atoms with Gasteiger partial charge in [-0.05, 0) is 48.5 Å². The molecule has 4 aromatic rings.